The SMILES string of the molecule is Cc1ccc(C(C)C)cc1-c1ccc(C(=O)NC2CCCCC2)nc1-c1ccc(Cl)c(OCCCN(C)C)c1. The summed E-state index contributed by atoms with van der Waals surface area (Å²) < 4.78 is 6.08. The van der Waals surface area contributed by atoms with Gasteiger partial charge in [-0.1, -0.05) is 69.0 Å². The Labute approximate surface area is 238 Å². The van der Waals surface area contributed by atoms with Crippen LogP contribution in [-0.2, 0) is 0 Å². The molecule has 1 amide bonds. The van der Waals surface area contributed by atoms with E-state index in [1.807, 2.05) is 30.3 Å². The number of amides is 1. The van der Waals surface area contributed by atoms with Crippen molar-refractivity contribution in [3.63, 3.8) is 0 Å². The number of halogens is 1. The third-order valence-corrected chi connectivity index (χ3v) is 7.81. The molecule has 1 aliphatic rings. The predicted molar refractivity (Wildman–Crippen MR) is 162 cm³/mol. The third kappa shape index (κ3) is 7.61. The Kier molecular flexibility index (Phi) is 10.0. The molecule has 1 heterocycles. The monoisotopic (exact) mass is 547 g/mol. The van der Waals surface area contributed by atoms with E-state index in [0.29, 0.717) is 29.0 Å². The third-order valence-electron chi connectivity index (χ3n) is 7.50. The minimum Gasteiger partial charge on any atom is -0.492 e. The number of aryl methyl sites for hydroxylation is 1. The van der Waals surface area contributed by atoms with Crippen molar-refractivity contribution in [3.8, 4) is 28.1 Å². The zero-order chi connectivity index (χ0) is 27.9. The Morgan fingerprint density at radius 2 is 1.82 bits per heavy atom. The second-order valence-corrected chi connectivity index (χ2v) is 11.7. The van der Waals surface area contributed by atoms with E-state index in [2.05, 4.69) is 63.3 Å². The van der Waals surface area contributed by atoms with Gasteiger partial charge in [0.15, 0.2) is 0 Å². The van der Waals surface area contributed by atoms with E-state index in [4.69, 9.17) is 21.3 Å². The van der Waals surface area contributed by atoms with Crippen molar-refractivity contribution in [1.82, 2.24) is 15.2 Å². The molecule has 4 rings (SSSR count). The van der Waals surface area contributed by atoms with Crippen LogP contribution in [0.2, 0.25) is 5.02 Å². The van der Waals surface area contributed by atoms with Crippen LogP contribution in [0.25, 0.3) is 22.4 Å². The van der Waals surface area contributed by atoms with Crippen molar-refractivity contribution in [2.24, 2.45) is 0 Å². The molecule has 0 saturated heterocycles. The molecular formula is C33H42ClN3O2. The normalized spacial score (nSPS) is 14.2. The molecule has 3 aromatic rings. The highest BCUT2D eigenvalue weighted by molar-refractivity contribution is 6.32. The molecule has 0 unspecified atom stereocenters. The first-order chi connectivity index (χ1) is 18.7. The van der Waals surface area contributed by atoms with Gasteiger partial charge in [-0.15, -0.1) is 0 Å². The fraction of sp³-hybridized carbons (Fsp3) is 0.455. The van der Waals surface area contributed by atoms with Gasteiger partial charge in [-0.2, -0.15) is 0 Å². The van der Waals surface area contributed by atoms with Crippen LogP contribution in [0.15, 0.2) is 48.5 Å². The topological polar surface area (TPSA) is 54.5 Å². The summed E-state index contributed by atoms with van der Waals surface area (Å²) >= 11 is 6.53. The van der Waals surface area contributed by atoms with Crippen molar-refractivity contribution in [2.75, 3.05) is 27.2 Å². The highest BCUT2D eigenvalue weighted by Gasteiger charge is 2.21. The Morgan fingerprint density at radius 3 is 2.54 bits per heavy atom. The van der Waals surface area contributed by atoms with E-state index < -0.39 is 0 Å². The number of hydrogen-bond donors (Lipinski definition) is 1. The Balaban J connectivity index is 1.74. The second-order valence-electron chi connectivity index (χ2n) is 11.3. The van der Waals surface area contributed by atoms with Crippen molar-refractivity contribution in [2.45, 2.75) is 71.3 Å². The summed E-state index contributed by atoms with van der Waals surface area (Å²) in [5.74, 6) is 0.917. The molecule has 1 fully saturated rings. The average molecular weight is 548 g/mol. The summed E-state index contributed by atoms with van der Waals surface area (Å²) in [5, 5.41) is 3.79. The lowest BCUT2D eigenvalue weighted by molar-refractivity contribution is 0.0923. The molecule has 39 heavy (non-hydrogen) atoms. The van der Waals surface area contributed by atoms with Crippen LogP contribution >= 0.6 is 11.6 Å². The van der Waals surface area contributed by atoms with Gasteiger partial charge in [-0.3, -0.25) is 4.79 Å². The molecule has 0 aliphatic heterocycles. The van der Waals surface area contributed by atoms with Gasteiger partial charge in [0.2, 0.25) is 0 Å². The number of aromatic nitrogens is 1. The summed E-state index contributed by atoms with van der Waals surface area (Å²) in [7, 11) is 4.10. The Hall–Kier alpha value is -2.89. The zero-order valence-electron chi connectivity index (χ0n) is 24.0. The number of benzene rings is 2. The van der Waals surface area contributed by atoms with Crippen LogP contribution in [0.4, 0.5) is 0 Å². The van der Waals surface area contributed by atoms with Crippen molar-refractivity contribution in [3.05, 3.63) is 70.4 Å². The maximum Gasteiger partial charge on any atom is 0.270 e. The number of hydrogen-bond acceptors (Lipinski definition) is 4. The lowest BCUT2D eigenvalue weighted by Gasteiger charge is -2.23. The summed E-state index contributed by atoms with van der Waals surface area (Å²) in [5.41, 5.74) is 6.60. The molecule has 0 atom stereocenters. The summed E-state index contributed by atoms with van der Waals surface area (Å²) in [6, 6.07) is 16.5. The van der Waals surface area contributed by atoms with Crippen molar-refractivity contribution >= 4 is 17.5 Å². The standard InChI is InChI=1S/C33H42ClN3O2/c1-22(2)24-13-12-23(3)28(20-24)27-15-17-30(33(38)35-26-10-7-6-8-11-26)36-32(27)25-14-16-29(34)31(21-25)39-19-9-18-37(4)5/h12-17,20-22,26H,6-11,18-19H2,1-5H3,(H,35,38). The van der Waals surface area contributed by atoms with Crippen LogP contribution in [0, 0.1) is 6.92 Å². The Bertz CT molecular complexity index is 1280. The molecular weight excluding hydrogens is 506 g/mol. The number of nitrogens with zero attached hydrogens (tertiary/aromatic N) is 2. The van der Waals surface area contributed by atoms with E-state index in [1.165, 1.54) is 12.0 Å². The predicted octanol–water partition coefficient (Wildman–Crippen LogP) is 7.89. The summed E-state index contributed by atoms with van der Waals surface area (Å²) in [6.07, 6.45) is 6.53. The Morgan fingerprint density at radius 1 is 1.05 bits per heavy atom. The second kappa shape index (κ2) is 13.5. The van der Waals surface area contributed by atoms with E-state index in [0.717, 1.165) is 66.6 Å². The molecule has 1 saturated carbocycles. The zero-order valence-corrected chi connectivity index (χ0v) is 24.8. The smallest absolute Gasteiger partial charge is 0.270 e. The first-order valence-corrected chi connectivity index (χ1v) is 14.6. The molecule has 0 spiro atoms. The molecule has 1 aliphatic carbocycles. The van der Waals surface area contributed by atoms with Crippen LogP contribution in [-0.4, -0.2) is 49.1 Å². The molecule has 1 N–H and O–H groups in total. The number of carbonyl (C=O) groups is 1. The van der Waals surface area contributed by atoms with Crippen LogP contribution < -0.4 is 10.1 Å². The quantitative estimate of drug-likeness (QED) is 0.262. The molecule has 0 bridgehead atoms. The fourth-order valence-electron chi connectivity index (χ4n) is 5.14. The maximum absolute atomic E-state index is 13.3. The largest absolute Gasteiger partial charge is 0.492 e. The van der Waals surface area contributed by atoms with Gasteiger partial charge in [0.25, 0.3) is 5.91 Å². The molecule has 6 heteroatoms. The molecule has 5 nitrogen and oxygen atoms in total. The molecule has 0 radical (unpaired) electrons. The van der Waals surface area contributed by atoms with Gasteiger partial charge in [-0.25, -0.2) is 4.98 Å². The minimum absolute atomic E-state index is 0.114. The maximum atomic E-state index is 13.3. The lowest BCUT2D eigenvalue weighted by Crippen LogP contribution is -2.36. The fourth-order valence-corrected chi connectivity index (χ4v) is 5.31. The first-order valence-electron chi connectivity index (χ1n) is 14.2. The summed E-state index contributed by atoms with van der Waals surface area (Å²) in [6.45, 7) is 8.03. The van der Waals surface area contributed by atoms with Crippen molar-refractivity contribution < 1.29 is 9.53 Å². The number of rotatable bonds is 10. The first kappa shape index (κ1) is 29.1. The highest BCUT2D eigenvalue weighted by Crippen LogP contribution is 2.37. The number of ether oxygens (including phenoxy) is 1. The molecule has 1 aromatic heterocycles. The van der Waals surface area contributed by atoms with Gasteiger partial charge in [0, 0.05) is 23.7 Å². The minimum atomic E-state index is -0.114. The van der Waals surface area contributed by atoms with Crippen molar-refractivity contribution in [1.29, 1.82) is 0 Å². The number of nitrogens with one attached hydrogen (secondary N) is 1. The van der Waals surface area contributed by atoms with Crippen LogP contribution in [0.5, 0.6) is 5.75 Å². The van der Waals surface area contributed by atoms with E-state index in [1.54, 1.807) is 0 Å². The molecule has 2 aromatic carbocycles. The van der Waals surface area contributed by atoms with Gasteiger partial charge in [0.05, 0.1) is 17.3 Å². The van der Waals surface area contributed by atoms with Crippen LogP contribution in [0.1, 0.15) is 79.9 Å². The van der Waals surface area contributed by atoms with Gasteiger partial charge >= 0.3 is 0 Å². The van der Waals surface area contributed by atoms with E-state index in [-0.39, 0.29) is 11.9 Å². The van der Waals surface area contributed by atoms with E-state index >= 15 is 0 Å². The van der Waals surface area contributed by atoms with E-state index in [9.17, 15) is 4.79 Å². The van der Waals surface area contributed by atoms with Gasteiger partial charge in [0.1, 0.15) is 11.4 Å². The average Bonchev–Trinajstić information content (AvgIpc) is 2.92. The number of carbonyl (C=O) groups excluding carboxylic acids is 1. The van der Waals surface area contributed by atoms with Crippen LogP contribution in [0.3, 0.4) is 0 Å². The lowest BCUT2D eigenvalue weighted by atomic mass is 9.91. The summed E-state index contributed by atoms with van der Waals surface area (Å²) in [4.78, 5) is 20.4. The van der Waals surface area contributed by atoms with Gasteiger partial charge < -0.3 is 15.0 Å². The highest BCUT2D eigenvalue weighted by atomic mass is 35.5. The van der Waals surface area contributed by atoms with Gasteiger partial charge in [-0.05, 0) is 87.2 Å². The number of pyridine rings is 1. The molecule has 208 valence electrons.